The molecule has 0 aliphatic heterocycles. The Morgan fingerprint density at radius 3 is 2.16 bits per heavy atom. The van der Waals surface area contributed by atoms with Gasteiger partial charge in [-0.05, 0) is 24.6 Å². The highest BCUT2D eigenvalue weighted by molar-refractivity contribution is 5.80. The standard InChI is InChI=1S/C16H16O3/c1-12(13-8-4-3-5-9-13)16(17)19-15-11-7-6-10-14(15)18-2/h3-12H,1-2H3/t12-/m0/s1. The monoisotopic (exact) mass is 256 g/mol. The minimum Gasteiger partial charge on any atom is -0.493 e. The third kappa shape index (κ3) is 3.13. The Balaban J connectivity index is 2.13. The van der Waals surface area contributed by atoms with E-state index in [1.165, 1.54) is 0 Å². The maximum absolute atomic E-state index is 12.1. The van der Waals surface area contributed by atoms with Gasteiger partial charge in [0.05, 0.1) is 13.0 Å². The number of esters is 1. The highest BCUT2D eigenvalue weighted by atomic mass is 16.6. The number of hydrogen-bond donors (Lipinski definition) is 0. The summed E-state index contributed by atoms with van der Waals surface area (Å²) in [6, 6.07) is 16.7. The Hall–Kier alpha value is -2.29. The molecule has 19 heavy (non-hydrogen) atoms. The van der Waals surface area contributed by atoms with Gasteiger partial charge in [-0.15, -0.1) is 0 Å². The van der Waals surface area contributed by atoms with Crippen LogP contribution in [0.3, 0.4) is 0 Å². The minimum atomic E-state index is -0.314. The van der Waals surface area contributed by atoms with Gasteiger partial charge < -0.3 is 9.47 Å². The van der Waals surface area contributed by atoms with Gasteiger partial charge in [0.2, 0.25) is 0 Å². The molecule has 0 saturated carbocycles. The molecule has 1 atom stereocenters. The first-order valence-electron chi connectivity index (χ1n) is 6.12. The second-order valence-corrected chi connectivity index (χ2v) is 4.20. The van der Waals surface area contributed by atoms with E-state index in [-0.39, 0.29) is 11.9 Å². The molecule has 3 heteroatoms. The average molecular weight is 256 g/mol. The number of benzene rings is 2. The van der Waals surface area contributed by atoms with Crippen LogP contribution in [0.15, 0.2) is 54.6 Å². The summed E-state index contributed by atoms with van der Waals surface area (Å²) in [6.07, 6.45) is 0. The quantitative estimate of drug-likeness (QED) is 0.621. The first kappa shape index (κ1) is 13.1. The summed E-state index contributed by atoms with van der Waals surface area (Å²) >= 11 is 0. The summed E-state index contributed by atoms with van der Waals surface area (Å²) in [5.74, 6) is 0.385. The molecule has 0 amide bonds. The van der Waals surface area contributed by atoms with E-state index in [4.69, 9.17) is 9.47 Å². The van der Waals surface area contributed by atoms with E-state index >= 15 is 0 Å². The molecule has 0 N–H and O–H groups in total. The second kappa shape index (κ2) is 6.05. The minimum absolute atomic E-state index is 0.296. The van der Waals surface area contributed by atoms with Gasteiger partial charge in [-0.2, -0.15) is 0 Å². The van der Waals surface area contributed by atoms with Crippen LogP contribution in [0.25, 0.3) is 0 Å². The summed E-state index contributed by atoms with van der Waals surface area (Å²) in [5, 5.41) is 0. The van der Waals surface area contributed by atoms with Gasteiger partial charge in [-0.1, -0.05) is 42.5 Å². The van der Waals surface area contributed by atoms with E-state index in [0.717, 1.165) is 5.56 Å². The van der Waals surface area contributed by atoms with Gasteiger partial charge in [-0.25, -0.2) is 0 Å². The summed E-state index contributed by atoms with van der Waals surface area (Å²) in [5.41, 5.74) is 0.933. The van der Waals surface area contributed by atoms with Crippen molar-refractivity contribution in [3.63, 3.8) is 0 Å². The fourth-order valence-electron chi connectivity index (χ4n) is 1.78. The molecule has 2 aromatic rings. The number of methoxy groups -OCH3 is 1. The topological polar surface area (TPSA) is 35.5 Å². The van der Waals surface area contributed by atoms with Crippen molar-refractivity contribution < 1.29 is 14.3 Å². The third-order valence-corrected chi connectivity index (χ3v) is 2.93. The van der Waals surface area contributed by atoms with Crippen molar-refractivity contribution in [1.82, 2.24) is 0 Å². The first-order valence-corrected chi connectivity index (χ1v) is 6.12. The van der Waals surface area contributed by atoms with Crippen LogP contribution in [0.5, 0.6) is 11.5 Å². The van der Waals surface area contributed by atoms with Crippen LogP contribution in [0.2, 0.25) is 0 Å². The summed E-state index contributed by atoms with van der Waals surface area (Å²) in [7, 11) is 1.55. The van der Waals surface area contributed by atoms with Gasteiger partial charge >= 0.3 is 5.97 Å². The number of para-hydroxylation sites is 2. The molecule has 3 nitrogen and oxygen atoms in total. The van der Waals surface area contributed by atoms with Crippen molar-refractivity contribution >= 4 is 5.97 Å². The fraction of sp³-hybridized carbons (Fsp3) is 0.188. The predicted octanol–water partition coefficient (Wildman–Crippen LogP) is 3.40. The van der Waals surface area contributed by atoms with Crippen LogP contribution in [-0.2, 0) is 4.79 Å². The number of hydrogen-bond acceptors (Lipinski definition) is 3. The molecule has 0 aromatic heterocycles. The summed E-state index contributed by atoms with van der Waals surface area (Å²) < 4.78 is 10.5. The van der Waals surface area contributed by atoms with Crippen molar-refractivity contribution in [3.05, 3.63) is 60.2 Å². The van der Waals surface area contributed by atoms with Crippen LogP contribution in [-0.4, -0.2) is 13.1 Å². The van der Waals surface area contributed by atoms with Crippen LogP contribution in [0.1, 0.15) is 18.4 Å². The second-order valence-electron chi connectivity index (χ2n) is 4.20. The van der Waals surface area contributed by atoms with E-state index in [9.17, 15) is 4.79 Å². The third-order valence-electron chi connectivity index (χ3n) is 2.93. The molecule has 2 aromatic carbocycles. The fourth-order valence-corrected chi connectivity index (χ4v) is 1.78. The van der Waals surface area contributed by atoms with Crippen LogP contribution in [0.4, 0.5) is 0 Å². The molecular weight excluding hydrogens is 240 g/mol. The Morgan fingerprint density at radius 1 is 0.947 bits per heavy atom. The number of ether oxygens (including phenoxy) is 2. The van der Waals surface area contributed by atoms with Crippen LogP contribution >= 0.6 is 0 Å². The van der Waals surface area contributed by atoms with Crippen LogP contribution in [0, 0.1) is 0 Å². The highest BCUT2D eigenvalue weighted by Crippen LogP contribution is 2.27. The van der Waals surface area contributed by atoms with E-state index in [1.807, 2.05) is 43.3 Å². The molecule has 0 saturated heterocycles. The molecule has 0 bridgehead atoms. The van der Waals surface area contributed by atoms with Crippen molar-refractivity contribution in [1.29, 1.82) is 0 Å². The molecule has 0 fully saturated rings. The van der Waals surface area contributed by atoms with E-state index in [1.54, 1.807) is 25.3 Å². The van der Waals surface area contributed by atoms with Gasteiger partial charge in [0.25, 0.3) is 0 Å². The van der Waals surface area contributed by atoms with E-state index < -0.39 is 0 Å². The zero-order valence-corrected chi connectivity index (χ0v) is 11.0. The number of rotatable bonds is 4. The molecule has 0 heterocycles. The lowest BCUT2D eigenvalue weighted by atomic mass is 10.0. The molecule has 2 rings (SSSR count). The largest absolute Gasteiger partial charge is 0.493 e. The van der Waals surface area contributed by atoms with E-state index in [2.05, 4.69) is 0 Å². The van der Waals surface area contributed by atoms with Crippen molar-refractivity contribution in [2.45, 2.75) is 12.8 Å². The summed E-state index contributed by atoms with van der Waals surface area (Å²) in [6.45, 7) is 1.83. The van der Waals surface area contributed by atoms with Gasteiger partial charge in [0.1, 0.15) is 0 Å². The zero-order chi connectivity index (χ0) is 13.7. The summed E-state index contributed by atoms with van der Waals surface area (Å²) in [4.78, 5) is 12.1. The van der Waals surface area contributed by atoms with Gasteiger partial charge in [-0.3, -0.25) is 4.79 Å². The molecule has 0 radical (unpaired) electrons. The Bertz CT molecular complexity index is 549. The molecule has 0 aliphatic carbocycles. The molecule has 0 unspecified atom stereocenters. The molecular formula is C16H16O3. The average Bonchev–Trinajstić information content (AvgIpc) is 2.48. The normalized spacial score (nSPS) is 11.7. The Labute approximate surface area is 112 Å². The maximum Gasteiger partial charge on any atom is 0.318 e. The Kier molecular flexibility index (Phi) is 4.18. The Morgan fingerprint density at radius 2 is 1.53 bits per heavy atom. The maximum atomic E-state index is 12.1. The van der Waals surface area contributed by atoms with E-state index in [0.29, 0.717) is 11.5 Å². The van der Waals surface area contributed by atoms with Gasteiger partial charge in [0.15, 0.2) is 11.5 Å². The van der Waals surface area contributed by atoms with Crippen molar-refractivity contribution in [2.24, 2.45) is 0 Å². The number of carbonyl (C=O) groups excluding carboxylic acids is 1. The van der Waals surface area contributed by atoms with Crippen molar-refractivity contribution in [3.8, 4) is 11.5 Å². The molecule has 0 aliphatic rings. The SMILES string of the molecule is COc1ccccc1OC(=O)[C@@H](C)c1ccccc1. The lowest BCUT2D eigenvalue weighted by Crippen LogP contribution is -2.16. The lowest BCUT2D eigenvalue weighted by Gasteiger charge is -2.13. The highest BCUT2D eigenvalue weighted by Gasteiger charge is 2.18. The number of carbonyl (C=O) groups is 1. The molecule has 0 spiro atoms. The van der Waals surface area contributed by atoms with Crippen LogP contribution < -0.4 is 9.47 Å². The van der Waals surface area contributed by atoms with Crippen molar-refractivity contribution in [2.75, 3.05) is 7.11 Å². The first-order chi connectivity index (χ1) is 9.22. The van der Waals surface area contributed by atoms with Gasteiger partial charge in [0, 0.05) is 0 Å². The zero-order valence-electron chi connectivity index (χ0n) is 11.0. The lowest BCUT2D eigenvalue weighted by molar-refractivity contribution is -0.135. The smallest absolute Gasteiger partial charge is 0.318 e. The molecule has 98 valence electrons. The predicted molar refractivity (Wildman–Crippen MR) is 73.5 cm³/mol.